The Balaban J connectivity index is 4.56. The molecule has 0 amide bonds. The second-order valence-corrected chi connectivity index (χ2v) is 16.6. The van der Waals surface area contributed by atoms with Crippen LogP contribution in [0.5, 0.6) is 0 Å². The standard InChI is InChI=1S/C65H94O6/c1-4-7-10-13-16-19-22-25-26-27-28-29-30-31-32-33-34-35-36-37-38-41-43-46-49-52-55-58-64(67)70-61-62(71-65(68)59-56-53-50-47-44-40-24-21-18-15-12-9-6-3)60-69-63(66)57-54-51-48-45-42-39-23-20-17-14-11-8-5-2/h7-12,16-21,25-26,28-29,31-32,34-35,37-40,42-44,46,48,50-51,53,62H,4-6,13-15,22-24,27,30,33,36,41,45,47,49,52,54-61H2,1-3H3/b10-7-,11-8-,12-9-,19-16-,20-17-,21-18-,26-25-,29-28-,32-31-,35-34-,38-37-,42-39-,44-40-,46-43-,51-48-,53-50-. The predicted octanol–water partition coefficient (Wildman–Crippen LogP) is 18.3. The van der Waals surface area contributed by atoms with Crippen LogP contribution < -0.4 is 0 Å². The summed E-state index contributed by atoms with van der Waals surface area (Å²) < 4.78 is 16.6. The summed E-state index contributed by atoms with van der Waals surface area (Å²) in [6.45, 7) is 6.08. The van der Waals surface area contributed by atoms with Gasteiger partial charge in [-0.25, -0.2) is 0 Å². The molecule has 0 radical (unpaired) electrons. The Morgan fingerprint density at radius 2 is 0.521 bits per heavy atom. The van der Waals surface area contributed by atoms with Crippen LogP contribution in [0.15, 0.2) is 194 Å². The Morgan fingerprint density at radius 1 is 0.282 bits per heavy atom. The molecular weight excluding hydrogens is 877 g/mol. The molecule has 390 valence electrons. The van der Waals surface area contributed by atoms with Crippen LogP contribution in [0.1, 0.15) is 175 Å². The zero-order chi connectivity index (χ0) is 51.4. The van der Waals surface area contributed by atoms with Crippen molar-refractivity contribution in [3.8, 4) is 0 Å². The molecule has 0 aromatic rings. The molecule has 6 heteroatoms. The number of allylic oxidation sites excluding steroid dienone is 32. The van der Waals surface area contributed by atoms with Crippen LogP contribution in [0, 0.1) is 0 Å². The van der Waals surface area contributed by atoms with Crippen molar-refractivity contribution in [2.75, 3.05) is 13.2 Å². The first kappa shape index (κ1) is 65.2. The molecule has 6 nitrogen and oxygen atoms in total. The molecule has 0 aliphatic carbocycles. The highest BCUT2D eigenvalue weighted by Gasteiger charge is 2.19. The number of rotatable bonds is 45. The highest BCUT2D eigenvalue weighted by molar-refractivity contribution is 5.71. The van der Waals surface area contributed by atoms with Crippen LogP contribution in [-0.4, -0.2) is 37.2 Å². The van der Waals surface area contributed by atoms with E-state index in [0.29, 0.717) is 19.3 Å². The van der Waals surface area contributed by atoms with Crippen LogP contribution in [-0.2, 0) is 28.6 Å². The molecule has 0 aromatic heterocycles. The SMILES string of the molecule is CC/C=C\C/C=C\C/C=C\C/C=C\C/C=C\C/C=C\C/C=C\C/C=C\CCCCC(=O)OCC(COC(=O)CC/C=C\C/C=C\C/C=C\C/C=C\CC)OC(=O)CC/C=C\C/C=C\C/C=C\C/C=C\CC. The van der Waals surface area contributed by atoms with Gasteiger partial charge >= 0.3 is 17.9 Å². The van der Waals surface area contributed by atoms with Crippen LogP contribution in [0.3, 0.4) is 0 Å². The largest absolute Gasteiger partial charge is 0.462 e. The van der Waals surface area contributed by atoms with Gasteiger partial charge in [-0.1, -0.05) is 215 Å². The zero-order valence-electron chi connectivity index (χ0n) is 44.4. The van der Waals surface area contributed by atoms with Crippen LogP contribution in [0.25, 0.3) is 0 Å². The van der Waals surface area contributed by atoms with Crippen LogP contribution in [0.2, 0.25) is 0 Å². The van der Waals surface area contributed by atoms with Gasteiger partial charge in [-0.3, -0.25) is 14.4 Å². The zero-order valence-corrected chi connectivity index (χ0v) is 44.4. The van der Waals surface area contributed by atoms with Gasteiger partial charge in [0.1, 0.15) is 13.2 Å². The maximum Gasteiger partial charge on any atom is 0.306 e. The van der Waals surface area contributed by atoms with Crippen molar-refractivity contribution in [2.24, 2.45) is 0 Å². The first-order valence-corrected chi connectivity index (χ1v) is 26.9. The summed E-state index contributed by atoms with van der Waals surface area (Å²) in [7, 11) is 0. The number of esters is 3. The molecule has 0 aromatic carbocycles. The van der Waals surface area contributed by atoms with E-state index >= 15 is 0 Å². The highest BCUT2D eigenvalue weighted by Crippen LogP contribution is 2.08. The molecule has 0 fully saturated rings. The van der Waals surface area contributed by atoms with Crippen molar-refractivity contribution >= 4 is 17.9 Å². The number of ether oxygens (including phenoxy) is 3. The molecule has 0 saturated heterocycles. The Morgan fingerprint density at radius 3 is 0.817 bits per heavy atom. The van der Waals surface area contributed by atoms with Gasteiger partial charge in [-0.05, 0) is 135 Å². The van der Waals surface area contributed by atoms with Crippen molar-refractivity contribution in [2.45, 2.75) is 181 Å². The van der Waals surface area contributed by atoms with E-state index in [-0.39, 0.29) is 38.4 Å². The van der Waals surface area contributed by atoms with Gasteiger partial charge in [-0.15, -0.1) is 0 Å². The van der Waals surface area contributed by atoms with Crippen molar-refractivity contribution in [3.63, 3.8) is 0 Å². The van der Waals surface area contributed by atoms with Crippen molar-refractivity contribution in [3.05, 3.63) is 194 Å². The van der Waals surface area contributed by atoms with E-state index < -0.39 is 18.0 Å². The molecule has 1 atom stereocenters. The van der Waals surface area contributed by atoms with Gasteiger partial charge in [0, 0.05) is 19.3 Å². The normalized spacial score (nSPS) is 13.7. The maximum absolute atomic E-state index is 12.8. The van der Waals surface area contributed by atoms with Crippen molar-refractivity contribution in [1.29, 1.82) is 0 Å². The summed E-state index contributed by atoms with van der Waals surface area (Å²) in [6.07, 6.45) is 87.4. The minimum atomic E-state index is -0.874. The van der Waals surface area contributed by atoms with Crippen molar-refractivity contribution < 1.29 is 28.6 Å². The molecule has 0 saturated carbocycles. The number of carbonyl (C=O) groups is 3. The van der Waals surface area contributed by atoms with Gasteiger partial charge in [0.2, 0.25) is 0 Å². The van der Waals surface area contributed by atoms with Gasteiger partial charge in [0.25, 0.3) is 0 Å². The molecule has 1 unspecified atom stereocenters. The van der Waals surface area contributed by atoms with Gasteiger partial charge in [0.05, 0.1) is 0 Å². The fourth-order valence-corrected chi connectivity index (χ4v) is 6.19. The Labute approximate surface area is 433 Å². The smallest absolute Gasteiger partial charge is 0.306 e. The molecule has 0 aliphatic rings. The molecule has 0 aliphatic heterocycles. The second kappa shape index (κ2) is 56.8. The minimum Gasteiger partial charge on any atom is -0.462 e. The van der Waals surface area contributed by atoms with Gasteiger partial charge < -0.3 is 14.2 Å². The van der Waals surface area contributed by atoms with E-state index in [1.54, 1.807) is 0 Å². The summed E-state index contributed by atoms with van der Waals surface area (Å²) in [4.78, 5) is 37.9. The predicted molar refractivity (Wildman–Crippen MR) is 306 cm³/mol. The average Bonchev–Trinajstić information content (AvgIpc) is 3.37. The first-order chi connectivity index (χ1) is 35.0. The molecule has 71 heavy (non-hydrogen) atoms. The lowest BCUT2D eigenvalue weighted by molar-refractivity contribution is -0.166. The molecule has 0 bridgehead atoms. The summed E-state index contributed by atoms with van der Waals surface area (Å²) in [5, 5.41) is 0. The number of hydrogen-bond acceptors (Lipinski definition) is 6. The number of unbranched alkanes of at least 4 members (excludes halogenated alkanes) is 2. The third-order valence-electron chi connectivity index (χ3n) is 10.1. The minimum absolute atomic E-state index is 0.163. The second-order valence-electron chi connectivity index (χ2n) is 16.6. The van der Waals surface area contributed by atoms with E-state index in [2.05, 4.69) is 191 Å². The molecule has 0 heterocycles. The average molecular weight is 971 g/mol. The van der Waals surface area contributed by atoms with E-state index in [9.17, 15) is 14.4 Å². The van der Waals surface area contributed by atoms with Crippen LogP contribution >= 0.6 is 0 Å². The van der Waals surface area contributed by atoms with Gasteiger partial charge in [-0.2, -0.15) is 0 Å². The fraction of sp³-hybridized carbons (Fsp3) is 0.462. The van der Waals surface area contributed by atoms with E-state index in [1.165, 1.54) is 0 Å². The lowest BCUT2D eigenvalue weighted by Crippen LogP contribution is -2.30. The lowest BCUT2D eigenvalue weighted by Gasteiger charge is -2.18. The summed E-state index contributed by atoms with van der Waals surface area (Å²) >= 11 is 0. The topological polar surface area (TPSA) is 78.9 Å². The third-order valence-corrected chi connectivity index (χ3v) is 10.1. The maximum atomic E-state index is 12.8. The Bertz CT molecular complexity index is 1780. The Hall–Kier alpha value is -5.75. The molecular formula is C65H94O6. The summed E-state index contributed by atoms with van der Waals surface area (Å²) in [5.74, 6) is -1.19. The third kappa shape index (κ3) is 55.1. The molecule has 0 rings (SSSR count). The lowest BCUT2D eigenvalue weighted by atomic mass is 10.2. The first-order valence-electron chi connectivity index (χ1n) is 26.9. The highest BCUT2D eigenvalue weighted by atomic mass is 16.6. The van der Waals surface area contributed by atoms with E-state index in [0.717, 1.165) is 116 Å². The molecule has 0 N–H and O–H groups in total. The monoisotopic (exact) mass is 971 g/mol. The number of hydrogen-bond donors (Lipinski definition) is 0. The molecule has 0 spiro atoms. The van der Waals surface area contributed by atoms with E-state index in [4.69, 9.17) is 14.2 Å². The van der Waals surface area contributed by atoms with Crippen LogP contribution in [0.4, 0.5) is 0 Å². The Kier molecular flexibility index (Phi) is 52.2. The quantitative estimate of drug-likeness (QED) is 0.0262. The fourth-order valence-electron chi connectivity index (χ4n) is 6.19. The summed E-state index contributed by atoms with van der Waals surface area (Å²) in [6, 6.07) is 0. The van der Waals surface area contributed by atoms with Gasteiger partial charge in [0.15, 0.2) is 6.10 Å². The van der Waals surface area contributed by atoms with Crippen molar-refractivity contribution in [1.82, 2.24) is 0 Å². The van der Waals surface area contributed by atoms with E-state index in [1.807, 2.05) is 24.3 Å². The summed E-state index contributed by atoms with van der Waals surface area (Å²) in [5.41, 5.74) is 0. The number of carbonyl (C=O) groups excluding carboxylic acids is 3.